The number of rotatable bonds is 9. The van der Waals surface area contributed by atoms with Crippen LogP contribution in [-0.2, 0) is 24.8 Å². The molecule has 0 aromatic heterocycles. The zero-order chi connectivity index (χ0) is 26.5. The summed E-state index contributed by atoms with van der Waals surface area (Å²) in [5.41, 5.74) is 3.04. The normalized spacial score (nSPS) is 23.3. The van der Waals surface area contributed by atoms with Gasteiger partial charge >= 0.3 is 0 Å². The average Bonchev–Trinajstić information content (AvgIpc) is 3.67. The predicted molar refractivity (Wildman–Crippen MR) is 147 cm³/mol. The third-order valence-electron chi connectivity index (χ3n) is 8.91. The molecule has 0 bridgehead atoms. The molecular formula is C32H42N2O4. The Morgan fingerprint density at radius 2 is 1.66 bits per heavy atom. The highest BCUT2D eigenvalue weighted by molar-refractivity contribution is 5.90. The summed E-state index contributed by atoms with van der Waals surface area (Å²) in [5, 5.41) is 3.07. The summed E-state index contributed by atoms with van der Waals surface area (Å²) >= 11 is 0. The number of carbonyl (C=O) groups excluding carboxylic acids is 2. The van der Waals surface area contributed by atoms with Crippen LogP contribution in [0, 0.1) is 11.8 Å². The molecule has 2 aromatic rings. The lowest BCUT2D eigenvalue weighted by atomic mass is 9.76. The Labute approximate surface area is 227 Å². The molecule has 1 aliphatic carbocycles. The van der Waals surface area contributed by atoms with E-state index >= 15 is 0 Å². The van der Waals surface area contributed by atoms with Crippen LogP contribution in [0.5, 0.6) is 0 Å². The molecule has 0 radical (unpaired) electrons. The molecule has 6 nitrogen and oxygen atoms in total. The topological polar surface area (TPSA) is 67.9 Å². The van der Waals surface area contributed by atoms with Crippen LogP contribution in [0.2, 0.25) is 0 Å². The second kappa shape index (κ2) is 12.1. The van der Waals surface area contributed by atoms with Gasteiger partial charge in [-0.1, -0.05) is 67.8 Å². The van der Waals surface area contributed by atoms with Gasteiger partial charge in [-0.2, -0.15) is 0 Å². The van der Waals surface area contributed by atoms with Crippen molar-refractivity contribution in [3.8, 4) is 0 Å². The molecule has 1 N–H and O–H groups in total. The zero-order valence-electron chi connectivity index (χ0n) is 22.9. The van der Waals surface area contributed by atoms with Crippen LogP contribution in [0.1, 0.15) is 81.0 Å². The minimum absolute atomic E-state index is 0.000377. The largest absolute Gasteiger partial charge is 0.340 e. The van der Waals surface area contributed by atoms with Crippen LogP contribution in [-0.4, -0.2) is 49.4 Å². The molecular weight excluding hydrogens is 476 g/mol. The van der Waals surface area contributed by atoms with Gasteiger partial charge in [0.1, 0.15) is 5.78 Å². The van der Waals surface area contributed by atoms with Gasteiger partial charge in [0.15, 0.2) is 0 Å². The number of nitrogens with one attached hydrogen (secondary N) is 1. The standard InChI is InChI=1S/C32H42N2O4/c1-23(33-2)30(35)22-28(24-11-5-3-6-12-24)31(36)34-18-10-17-29(34)25-13-9-16-27(21-25)32(37-19-20-38-32)26-14-7-4-8-15-26/h4,7-9,13-16,21,23-24,28-29,33H,3,5-6,10-12,17-20,22H2,1-2H3/t23-,28-,29-/m0/s1. The lowest BCUT2D eigenvalue weighted by Crippen LogP contribution is -2.42. The SMILES string of the molecule is CN[C@@H](C)C(=O)C[C@H](C(=O)N1CCC[C@H]1c1cccc(C2(c3ccccc3)OCCO2)c1)C1CCCCC1. The number of ketones is 1. The summed E-state index contributed by atoms with van der Waals surface area (Å²) in [7, 11) is 1.81. The number of ether oxygens (including phenoxy) is 2. The lowest BCUT2D eigenvalue weighted by molar-refractivity contribution is -0.141. The molecule has 38 heavy (non-hydrogen) atoms. The molecule has 2 aliphatic heterocycles. The Morgan fingerprint density at radius 3 is 2.37 bits per heavy atom. The first-order chi connectivity index (χ1) is 18.5. The van der Waals surface area contributed by atoms with Gasteiger partial charge in [0.2, 0.25) is 11.7 Å². The van der Waals surface area contributed by atoms with Gasteiger partial charge < -0.3 is 19.7 Å². The van der Waals surface area contributed by atoms with E-state index in [0.29, 0.717) is 25.6 Å². The Hall–Kier alpha value is -2.54. The van der Waals surface area contributed by atoms with Crippen molar-refractivity contribution in [3.05, 3.63) is 71.3 Å². The van der Waals surface area contributed by atoms with E-state index in [2.05, 4.69) is 34.5 Å². The van der Waals surface area contributed by atoms with Crippen LogP contribution < -0.4 is 5.32 Å². The summed E-state index contributed by atoms with van der Waals surface area (Å²) in [6, 6.07) is 18.3. The highest BCUT2D eigenvalue weighted by Gasteiger charge is 2.42. The minimum atomic E-state index is -0.926. The first-order valence-electron chi connectivity index (χ1n) is 14.5. The molecule has 0 spiro atoms. The number of hydrogen-bond donors (Lipinski definition) is 1. The number of amides is 1. The third kappa shape index (κ3) is 5.45. The molecule has 5 rings (SSSR count). The first-order valence-corrected chi connectivity index (χ1v) is 14.5. The van der Waals surface area contributed by atoms with Crippen molar-refractivity contribution < 1.29 is 19.1 Å². The number of likely N-dealkylation sites (N-methyl/N-ethyl adjacent to an activating group) is 1. The van der Waals surface area contributed by atoms with Gasteiger partial charge in [-0.05, 0) is 57.2 Å². The van der Waals surface area contributed by atoms with Crippen molar-refractivity contribution in [2.45, 2.75) is 76.2 Å². The smallest absolute Gasteiger partial charge is 0.226 e. The Bertz CT molecular complexity index is 1090. The molecule has 1 amide bonds. The molecule has 2 aromatic carbocycles. The van der Waals surface area contributed by atoms with E-state index in [9.17, 15) is 9.59 Å². The lowest BCUT2D eigenvalue weighted by Gasteiger charge is -2.35. The summed E-state index contributed by atoms with van der Waals surface area (Å²) in [4.78, 5) is 29.3. The van der Waals surface area contributed by atoms with E-state index in [1.165, 1.54) is 6.42 Å². The molecule has 0 unspecified atom stereocenters. The molecule has 3 aliphatic rings. The maximum atomic E-state index is 14.2. The van der Waals surface area contributed by atoms with Crippen LogP contribution >= 0.6 is 0 Å². The van der Waals surface area contributed by atoms with Gasteiger partial charge in [0, 0.05) is 30.0 Å². The number of likely N-dealkylation sites (tertiary alicyclic amines) is 1. The third-order valence-corrected chi connectivity index (χ3v) is 8.91. The Kier molecular flexibility index (Phi) is 8.61. The zero-order valence-corrected chi connectivity index (χ0v) is 22.9. The van der Waals surface area contributed by atoms with Gasteiger partial charge in [0.05, 0.1) is 25.3 Å². The number of carbonyl (C=O) groups is 2. The molecule has 2 heterocycles. The number of hydrogen-bond acceptors (Lipinski definition) is 5. The summed E-state index contributed by atoms with van der Waals surface area (Å²) < 4.78 is 12.5. The van der Waals surface area contributed by atoms with Gasteiger partial charge in [0.25, 0.3) is 0 Å². The van der Waals surface area contributed by atoms with E-state index in [0.717, 1.165) is 61.8 Å². The molecule has 3 atom stereocenters. The fourth-order valence-corrected chi connectivity index (χ4v) is 6.66. The molecule has 1 saturated carbocycles. The Morgan fingerprint density at radius 1 is 0.947 bits per heavy atom. The van der Waals surface area contributed by atoms with E-state index < -0.39 is 5.79 Å². The highest BCUT2D eigenvalue weighted by Crippen LogP contribution is 2.42. The second-order valence-corrected chi connectivity index (χ2v) is 11.2. The number of nitrogens with zero attached hydrogens (tertiary/aromatic N) is 1. The van der Waals surface area contributed by atoms with Crippen molar-refractivity contribution in [1.82, 2.24) is 10.2 Å². The van der Waals surface area contributed by atoms with Gasteiger partial charge in [-0.3, -0.25) is 9.59 Å². The highest BCUT2D eigenvalue weighted by atomic mass is 16.7. The van der Waals surface area contributed by atoms with Gasteiger partial charge in [-0.15, -0.1) is 0 Å². The fraction of sp³-hybridized carbons (Fsp3) is 0.562. The van der Waals surface area contributed by atoms with Crippen molar-refractivity contribution in [3.63, 3.8) is 0 Å². The summed E-state index contributed by atoms with van der Waals surface area (Å²) in [6.45, 7) is 3.71. The van der Waals surface area contributed by atoms with Crippen LogP contribution in [0.25, 0.3) is 0 Å². The average molecular weight is 519 g/mol. The monoisotopic (exact) mass is 518 g/mol. The second-order valence-electron chi connectivity index (χ2n) is 11.2. The predicted octanol–water partition coefficient (Wildman–Crippen LogP) is 5.36. The van der Waals surface area contributed by atoms with Crippen LogP contribution in [0.3, 0.4) is 0 Å². The number of Topliss-reactive ketones (excluding diaryl/α,β-unsaturated/α-hetero) is 1. The molecule has 204 valence electrons. The maximum absolute atomic E-state index is 14.2. The Balaban J connectivity index is 1.42. The van der Waals surface area contributed by atoms with Crippen molar-refractivity contribution in [2.75, 3.05) is 26.8 Å². The fourth-order valence-electron chi connectivity index (χ4n) is 6.66. The van der Waals surface area contributed by atoms with Crippen molar-refractivity contribution >= 4 is 11.7 Å². The van der Waals surface area contributed by atoms with Gasteiger partial charge in [-0.25, -0.2) is 0 Å². The first kappa shape index (κ1) is 27.0. The quantitative estimate of drug-likeness (QED) is 0.484. The van der Waals surface area contributed by atoms with E-state index in [4.69, 9.17) is 9.47 Å². The van der Waals surface area contributed by atoms with E-state index in [-0.39, 0.29) is 29.7 Å². The summed E-state index contributed by atoms with van der Waals surface area (Å²) in [5.74, 6) is -0.578. The minimum Gasteiger partial charge on any atom is -0.340 e. The van der Waals surface area contributed by atoms with Crippen LogP contribution in [0.4, 0.5) is 0 Å². The van der Waals surface area contributed by atoms with Crippen molar-refractivity contribution in [2.24, 2.45) is 11.8 Å². The summed E-state index contributed by atoms with van der Waals surface area (Å²) in [6.07, 6.45) is 7.83. The van der Waals surface area contributed by atoms with E-state index in [1.54, 1.807) is 0 Å². The maximum Gasteiger partial charge on any atom is 0.226 e. The molecule has 6 heteroatoms. The number of benzene rings is 2. The van der Waals surface area contributed by atoms with Crippen molar-refractivity contribution in [1.29, 1.82) is 0 Å². The molecule has 2 saturated heterocycles. The van der Waals surface area contributed by atoms with Crippen LogP contribution in [0.15, 0.2) is 54.6 Å². The molecule has 3 fully saturated rings. The van der Waals surface area contributed by atoms with E-state index in [1.807, 2.05) is 44.3 Å².